The first kappa shape index (κ1) is 12.1. The molecule has 88 valence electrons. The van der Waals surface area contributed by atoms with Crippen LogP contribution in [0, 0.1) is 0 Å². The fourth-order valence-corrected chi connectivity index (χ4v) is 1.53. The average molecular weight is 294 g/mol. The second-order valence-electron chi connectivity index (χ2n) is 3.56. The maximum Gasteiger partial charge on any atom is 0.144 e. The van der Waals surface area contributed by atoms with Crippen LogP contribution in [0.1, 0.15) is 24.5 Å². The van der Waals surface area contributed by atoms with Crippen LogP contribution in [0.5, 0.6) is 0 Å². The maximum atomic E-state index is 4.19. The number of rotatable bonds is 4. The van der Waals surface area contributed by atoms with E-state index in [2.05, 4.69) is 41.4 Å². The average Bonchev–Trinajstić information content (AvgIpc) is 2.39. The van der Waals surface area contributed by atoms with Gasteiger partial charge < -0.3 is 5.32 Å². The summed E-state index contributed by atoms with van der Waals surface area (Å²) in [6.07, 6.45) is 3.47. The van der Waals surface area contributed by atoms with Gasteiger partial charge in [-0.15, -0.1) is 5.10 Å². The molecule has 0 spiro atoms. The van der Waals surface area contributed by atoms with E-state index in [0.29, 0.717) is 6.54 Å². The summed E-state index contributed by atoms with van der Waals surface area (Å²) < 4.78 is 0.737. The van der Waals surface area contributed by atoms with Gasteiger partial charge in [0, 0.05) is 18.9 Å². The van der Waals surface area contributed by atoms with Crippen LogP contribution in [-0.4, -0.2) is 20.2 Å². The molecule has 2 aromatic heterocycles. The number of hydrogen-bond acceptors (Lipinski definition) is 5. The van der Waals surface area contributed by atoms with Crippen LogP contribution in [0.2, 0.25) is 0 Å². The second-order valence-corrected chi connectivity index (χ2v) is 4.37. The number of hydrogen-bond donors (Lipinski definition) is 1. The molecule has 0 saturated heterocycles. The van der Waals surface area contributed by atoms with Crippen LogP contribution in [0.3, 0.4) is 0 Å². The minimum absolute atomic E-state index is 0.0849. The molecule has 2 rings (SSSR count). The van der Waals surface area contributed by atoms with Gasteiger partial charge in [-0.1, -0.05) is 0 Å². The van der Waals surface area contributed by atoms with Gasteiger partial charge in [-0.25, -0.2) is 9.97 Å². The molecule has 0 saturated carbocycles. The van der Waals surface area contributed by atoms with E-state index in [9.17, 15) is 0 Å². The van der Waals surface area contributed by atoms with Gasteiger partial charge in [-0.3, -0.25) is 0 Å². The van der Waals surface area contributed by atoms with E-state index in [4.69, 9.17) is 0 Å². The lowest BCUT2D eigenvalue weighted by Gasteiger charge is -2.11. The Balaban J connectivity index is 1.92. The van der Waals surface area contributed by atoms with E-state index >= 15 is 0 Å². The van der Waals surface area contributed by atoms with Crippen LogP contribution < -0.4 is 5.32 Å². The summed E-state index contributed by atoms with van der Waals surface area (Å²) in [4.78, 5) is 8.38. The van der Waals surface area contributed by atoms with Crippen LogP contribution >= 0.6 is 15.9 Å². The normalized spacial score (nSPS) is 12.4. The lowest BCUT2D eigenvalue weighted by atomic mass is 10.3. The summed E-state index contributed by atoms with van der Waals surface area (Å²) in [6.45, 7) is 2.65. The van der Waals surface area contributed by atoms with Gasteiger partial charge in [0.15, 0.2) is 0 Å². The quantitative estimate of drug-likeness (QED) is 0.932. The van der Waals surface area contributed by atoms with Crippen LogP contribution in [0.25, 0.3) is 0 Å². The molecule has 2 heterocycles. The molecule has 1 atom stereocenters. The zero-order valence-electron chi connectivity index (χ0n) is 9.34. The minimum atomic E-state index is 0.0849. The Kier molecular flexibility index (Phi) is 4.11. The van der Waals surface area contributed by atoms with Crippen LogP contribution in [-0.2, 0) is 6.54 Å². The van der Waals surface area contributed by atoms with E-state index in [1.165, 1.54) is 0 Å². The highest BCUT2D eigenvalue weighted by molar-refractivity contribution is 9.10. The Labute approximate surface area is 108 Å². The highest BCUT2D eigenvalue weighted by Crippen LogP contribution is 2.07. The highest BCUT2D eigenvalue weighted by Gasteiger charge is 2.07. The summed E-state index contributed by atoms with van der Waals surface area (Å²) in [7, 11) is 0. The Bertz CT molecular complexity index is 459. The van der Waals surface area contributed by atoms with Crippen LogP contribution in [0.15, 0.2) is 35.2 Å². The van der Waals surface area contributed by atoms with Gasteiger partial charge in [-0.05, 0) is 41.1 Å². The molecule has 1 N–H and O–H groups in total. The number of halogens is 1. The van der Waals surface area contributed by atoms with Crippen molar-refractivity contribution in [3.8, 4) is 0 Å². The smallest absolute Gasteiger partial charge is 0.144 e. The van der Waals surface area contributed by atoms with Crippen molar-refractivity contribution in [2.45, 2.75) is 19.5 Å². The molecular weight excluding hydrogens is 282 g/mol. The number of aromatic nitrogens is 4. The first-order chi connectivity index (χ1) is 8.25. The van der Waals surface area contributed by atoms with Crippen molar-refractivity contribution in [2.75, 3.05) is 0 Å². The third-order valence-corrected chi connectivity index (χ3v) is 2.67. The van der Waals surface area contributed by atoms with Crippen molar-refractivity contribution in [1.82, 2.24) is 25.5 Å². The molecule has 0 fully saturated rings. The van der Waals surface area contributed by atoms with Crippen molar-refractivity contribution in [2.24, 2.45) is 0 Å². The lowest BCUT2D eigenvalue weighted by Crippen LogP contribution is -2.20. The lowest BCUT2D eigenvalue weighted by molar-refractivity contribution is 0.537. The van der Waals surface area contributed by atoms with E-state index in [1.807, 2.05) is 19.1 Å². The predicted octanol–water partition coefficient (Wildman–Crippen LogP) is 1.88. The largest absolute Gasteiger partial charge is 0.302 e. The molecule has 2 aromatic rings. The third kappa shape index (κ3) is 3.54. The molecule has 6 heteroatoms. The zero-order chi connectivity index (χ0) is 12.1. The van der Waals surface area contributed by atoms with Crippen molar-refractivity contribution < 1.29 is 0 Å². The molecule has 5 nitrogen and oxygen atoms in total. The maximum absolute atomic E-state index is 4.19. The van der Waals surface area contributed by atoms with Gasteiger partial charge in [0.25, 0.3) is 0 Å². The summed E-state index contributed by atoms with van der Waals surface area (Å²) >= 11 is 3.25. The first-order valence-electron chi connectivity index (χ1n) is 5.24. The van der Waals surface area contributed by atoms with Crippen molar-refractivity contribution in [1.29, 1.82) is 0 Å². The minimum Gasteiger partial charge on any atom is -0.302 e. The Morgan fingerprint density at radius 2 is 2.00 bits per heavy atom. The monoisotopic (exact) mass is 293 g/mol. The zero-order valence-corrected chi connectivity index (χ0v) is 10.9. The van der Waals surface area contributed by atoms with E-state index < -0.39 is 0 Å². The molecular formula is C11H12BrN5. The van der Waals surface area contributed by atoms with Crippen molar-refractivity contribution in [3.63, 3.8) is 0 Å². The summed E-state index contributed by atoms with van der Waals surface area (Å²) in [5, 5.41) is 11.3. The molecule has 0 aliphatic rings. The molecule has 0 aliphatic heterocycles. The SMILES string of the molecule is CC(NCc1ccc(Br)nn1)c1ncccn1. The Hall–Kier alpha value is -1.40. The number of nitrogens with one attached hydrogen (secondary N) is 1. The topological polar surface area (TPSA) is 63.6 Å². The van der Waals surface area contributed by atoms with E-state index in [0.717, 1.165) is 16.1 Å². The van der Waals surface area contributed by atoms with Gasteiger partial charge in [0.2, 0.25) is 0 Å². The molecule has 0 bridgehead atoms. The van der Waals surface area contributed by atoms with Gasteiger partial charge >= 0.3 is 0 Å². The van der Waals surface area contributed by atoms with E-state index in [1.54, 1.807) is 18.5 Å². The van der Waals surface area contributed by atoms with Gasteiger partial charge in [0.1, 0.15) is 10.4 Å². The summed E-state index contributed by atoms with van der Waals surface area (Å²) in [5.41, 5.74) is 0.885. The third-order valence-electron chi connectivity index (χ3n) is 2.25. The van der Waals surface area contributed by atoms with Crippen molar-refractivity contribution in [3.05, 3.63) is 46.7 Å². The Morgan fingerprint density at radius 3 is 2.65 bits per heavy atom. The van der Waals surface area contributed by atoms with E-state index in [-0.39, 0.29) is 6.04 Å². The van der Waals surface area contributed by atoms with Crippen LogP contribution in [0.4, 0.5) is 0 Å². The van der Waals surface area contributed by atoms with Crippen molar-refractivity contribution >= 4 is 15.9 Å². The molecule has 0 aliphatic carbocycles. The second kappa shape index (κ2) is 5.79. The summed E-state index contributed by atoms with van der Waals surface area (Å²) in [6, 6.07) is 5.67. The molecule has 0 amide bonds. The number of nitrogens with zero attached hydrogens (tertiary/aromatic N) is 4. The molecule has 0 aromatic carbocycles. The predicted molar refractivity (Wildman–Crippen MR) is 67.0 cm³/mol. The Morgan fingerprint density at radius 1 is 1.24 bits per heavy atom. The molecule has 1 unspecified atom stereocenters. The van der Waals surface area contributed by atoms with Gasteiger partial charge in [-0.2, -0.15) is 5.10 Å². The first-order valence-corrected chi connectivity index (χ1v) is 6.03. The molecule has 17 heavy (non-hydrogen) atoms. The fourth-order valence-electron chi connectivity index (χ4n) is 1.32. The molecule has 0 radical (unpaired) electrons. The highest BCUT2D eigenvalue weighted by atomic mass is 79.9. The fraction of sp³-hybridized carbons (Fsp3) is 0.273. The summed E-state index contributed by atoms with van der Waals surface area (Å²) in [5.74, 6) is 0.776. The van der Waals surface area contributed by atoms with Gasteiger partial charge in [0.05, 0.1) is 11.7 Å². The standard InChI is InChI=1S/C11H12BrN5/c1-8(11-13-5-2-6-14-11)15-7-9-3-4-10(12)17-16-9/h2-6,8,15H,7H2,1H3.